The zero-order chi connectivity index (χ0) is 15.0. The molecule has 0 saturated heterocycles. The zero-order valence-corrected chi connectivity index (χ0v) is 14.4. The third-order valence-corrected chi connectivity index (χ3v) is 3.76. The largest absolute Gasteiger partial charge is 0.478 e. The summed E-state index contributed by atoms with van der Waals surface area (Å²) >= 11 is 0. The molecule has 0 aromatic carbocycles. The topological polar surface area (TPSA) is 56.9 Å². The van der Waals surface area contributed by atoms with Crippen LogP contribution in [0, 0.1) is 0 Å². The molecule has 0 bridgehead atoms. The van der Waals surface area contributed by atoms with Crippen LogP contribution >= 0.6 is 12.4 Å². The summed E-state index contributed by atoms with van der Waals surface area (Å²) in [6.45, 7) is 5.05. The van der Waals surface area contributed by atoms with Gasteiger partial charge in [0.1, 0.15) is 5.69 Å². The van der Waals surface area contributed by atoms with Gasteiger partial charge in [0.2, 0.25) is 0 Å². The van der Waals surface area contributed by atoms with E-state index in [1.54, 1.807) is 11.8 Å². The van der Waals surface area contributed by atoms with Gasteiger partial charge in [-0.05, 0) is 32.8 Å². The van der Waals surface area contributed by atoms with E-state index < -0.39 is 0 Å². The Labute approximate surface area is 137 Å². The quantitative estimate of drug-likeness (QED) is 0.886. The van der Waals surface area contributed by atoms with Crippen molar-refractivity contribution in [2.24, 2.45) is 7.05 Å². The Morgan fingerprint density at radius 2 is 2.09 bits per heavy atom. The average molecular weight is 326 g/mol. The van der Waals surface area contributed by atoms with Gasteiger partial charge < -0.3 is 10.1 Å². The van der Waals surface area contributed by atoms with E-state index in [1.807, 2.05) is 13.2 Å². The lowest BCUT2D eigenvalue weighted by atomic mass is 10.2. The number of nitrogens with one attached hydrogen (secondary N) is 1. The summed E-state index contributed by atoms with van der Waals surface area (Å²) < 4.78 is 9.13. The molecule has 2 aromatic rings. The van der Waals surface area contributed by atoms with Crippen molar-refractivity contribution in [2.75, 3.05) is 12.4 Å². The zero-order valence-electron chi connectivity index (χ0n) is 13.5. The molecular formula is C15H24ClN5O. The van der Waals surface area contributed by atoms with Crippen molar-refractivity contribution in [2.45, 2.75) is 45.2 Å². The average Bonchev–Trinajstić information content (AvgIpc) is 3.10. The van der Waals surface area contributed by atoms with E-state index in [0.717, 1.165) is 12.2 Å². The highest BCUT2D eigenvalue weighted by Gasteiger charge is 2.27. The summed E-state index contributed by atoms with van der Waals surface area (Å²) in [5.41, 5.74) is 3.35. The SMILES string of the molecule is COc1nn(C)cc1NCc1cc(C2CC2)nn1C(C)C.Cl. The Morgan fingerprint density at radius 3 is 2.68 bits per heavy atom. The van der Waals surface area contributed by atoms with Crippen LogP contribution in [0.25, 0.3) is 0 Å². The summed E-state index contributed by atoms with van der Waals surface area (Å²) in [6.07, 6.45) is 4.48. The number of halogens is 1. The second-order valence-electron chi connectivity index (χ2n) is 5.95. The summed E-state index contributed by atoms with van der Waals surface area (Å²) in [5.74, 6) is 1.30. The minimum atomic E-state index is 0. The second-order valence-corrected chi connectivity index (χ2v) is 5.95. The third-order valence-electron chi connectivity index (χ3n) is 3.76. The number of ether oxygens (including phenoxy) is 1. The number of rotatable bonds is 6. The molecule has 0 aliphatic heterocycles. The monoisotopic (exact) mass is 325 g/mol. The van der Waals surface area contributed by atoms with Crippen molar-refractivity contribution in [3.05, 3.63) is 23.7 Å². The summed E-state index contributed by atoms with van der Waals surface area (Å²) in [7, 11) is 3.52. The first-order valence-corrected chi connectivity index (χ1v) is 7.48. The number of nitrogens with zero attached hydrogens (tertiary/aromatic N) is 4. The van der Waals surface area contributed by atoms with Crippen molar-refractivity contribution in [1.82, 2.24) is 19.6 Å². The van der Waals surface area contributed by atoms with Gasteiger partial charge in [0.15, 0.2) is 0 Å². The lowest BCUT2D eigenvalue weighted by Crippen LogP contribution is -2.11. The van der Waals surface area contributed by atoms with E-state index in [-0.39, 0.29) is 12.4 Å². The molecule has 0 unspecified atom stereocenters. The van der Waals surface area contributed by atoms with Crippen molar-refractivity contribution < 1.29 is 4.74 Å². The predicted molar refractivity (Wildman–Crippen MR) is 88.9 cm³/mol. The Balaban J connectivity index is 0.00000176. The van der Waals surface area contributed by atoms with Crippen LogP contribution in [0.15, 0.2) is 12.3 Å². The maximum Gasteiger partial charge on any atom is 0.256 e. The fourth-order valence-corrected chi connectivity index (χ4v) is 2.54. The molecular weight excluding hydrogens is 302 g/mol. The minimum absolute atomic E-state index is 0. The molecule has 0 atom stereocenters. The molecule has 0 spiro atoms. The Bertz CT molecular complexity index is 630. The Morgan fingerprint density at radius 1 is 1.36 bits per heavy atom. The number of aryl methyl sites for hydroxylation is 1. The van der Waals surface area contributed by atoms with Crippen LogP contribution < -0.4 is 10.1 Å². The molecule has 7 heteroatoms. The van der Waals surface area contributed by atoms with Crippen LogP contribution in [0.4, 0.5) is 5.69 Å². The van der Waals surface area contributed by atoms with Crippen LogP contribution in [0.5, 0.6) is 5.88 Å². The fourth-order valence-electron chi connectivity index (χ4n) is 2.54. The van der Waals surface area contributed by atoms with Gasteiger partial charge in [0.05, 0.1) is 31.2 Å². The highest BCUT2D eigenvalue weighted by molar-refractivity contribution is 5.85. The van der Waals surface area contributed by atoms with Crippen LogP contribution in [-0.4, -0.2) is 26.7 Å². The van der Waals surface area contributed by atoms with E-state index in [9.17, 15) is 0 Å². The van der Waals surface area contributed by atoms with Gasteiger partial charge in [-0.2, -0.15) is 5.10 Å². The maximum atomic E-state index is 5.27. The van der Waals surface area contributed by atoms with Crippen molar-refractivity contribution >= 4 is 18.1 Å². The maximum absolute atomic E-state index is 5.27. The molecule has 1 aliphatic rings. The lowest BCUT2D eigenvalue weighted by Gasteiger charge is -2.11. The number of hydrogen-bond donors (Lipinski definition) is 1. The molecule has 1 aliphatic carbocycles. The molecule has 6 nitrogen and oxygen atoms in total. The standard InChI is InChI=1S/C15H23N5O.ClH/c1-10(2)20-12(7-13(17-20)11-5-6-11)8-16-14-9-19(3)18-15(14)21-4;/h7,9-11,16H,5-6,8H2,1-4H3;1H. The van der Waals surface area contributed by atoms with E-state index >= 15 is 0 Å². The van der Waals surface area contributed by atoms with E-state index in [2.05, 4.69) is 35.0 Å². The Kier molecular flexibility index (Phi) is 5.01. The molecule has 122 valence electrons. The number of methoxy groups -OCH3 is 1. The number of hydrogen-bond acceptors (Lipinski definition) is 4. The van der Waals surface area contributed by atoms with Crippen molar-refractivity contribution in [3.63, 3.8) is 0 Å². The molecule has 3 rings (SSSR count). The molecule has 2 heterocycles. The molecule has 0 amide bonds. The third kappa shape index (κ3) is 3.38. The first-order valence-electron chi connectivity index (χ1n) is 7.48. The van der Waals surface area contributed by atoms with Gasteiger partial charge in [-0.15, -0.1) is 17.5 Å². The smallest absolute Gasteiger partial charge is 0.256 e. The van der Waals surface area contributed by atoms with E-state index in [1.165, 1.54) is 24.2 Å². The van der Waals surface area contributed by atoms with Crippen LogP contribution in [0.3, 0.4) is 0 Å². The first-order chi connectivity index (χ1) is 10.1. The summed E-state index contributed by atoms with van der Waals surface area (Å²) in [6, 6.07) is 2.60. The lowest BCUT2D eigenvalue weighted by molar-refractivity contribution is 0.393. The van der Waals surface area contributed by atoms with Gasteiger partial charge in [-0.25, -0.2) is 0 Å². The van der Waals surface area contributed by atoms with Gasteiger partial charge in [-0.3, -0.25) is 9.36 Å². The molecule has 22 heavy (non-hydrogen) atoms. The van der Waals surface area contributed by atoms with Gasteiger partial charge >= 0.3 is 0 Å². The predicted octanol–water partition coefficient (Wildman–Crippen LogP) is 3.12. The number of aromatic nitrogens is 4. The van der Waals surface area contributed by atoms with Gasteiger partial charge in [0, 0.05) is 19.0 Å². The van der Waals surface area contributed by atoms with E-state index in [0.29, 0.717) is 17.8 Å². The molecule has 1 fully saturated rings. The molecule has 2 aromatic heterocycles. The van der Waals surface area contributed by atoms with Crippen LogP contribution in [0.2, 0.25) is 0 Å². The van der Waals surface area contributed by atoms with Crippen LogP contribution in [0.1, 0.15) is 50.0 Å². The van der Waals surface area contributed by atoms with E-state index in [4.69, 9.17) is 9.84 Å². The minimum Gasteiger partial charge on any atom is -0.478 e. The van der Waals surface area contributed by atoms with Crippen molar-refractivity contribution in [3.8, 4) is 5.88 Å². The molecule has 1 saturated carbocycles. The van der Waals surface area contributed by atoms with Crippen LogP contribution in [-0.2, 0) is 13.6 Å². The van der Waals surface area contributed by atoms with Gasteiger partial charge in [-0.1, -0.05) is 0 Å². The summed E-state index contributed by atoms with van der Waals surface area (Å²) in [4.78, 5) is 0. The Hall–Kier alpha value is -1.69. The summed E-state index contributed by atoms with van der Waals surface area (Å²) in [5, 5.41) is 12.4. The highest BCUT2D eigenvalue weighted by atomic mass is 35.5. The normalized spacial score (nSPS) is 14.0. The molecule has 0 radical (unpaired) electrons. The highest BCUT2D eigenvalue weighted by Crippen LogP contribution is 2.39. The van der Waals surface area contributed by atoms with Gasteiger partial charge in [0.25, 0.3) is 5.88 Å². The second kappa shape index (κ2) is 6.60. The fraction of sp³-hybridized carbons (Fsp3) is 0.600. The first kappa shape index (κ1) is 16.7. The van der Waals surface area contributed by atoms with Crippen molar-refractivity contribution in [1.29, 1.82) is 0 Å². The number of anilines is 1. The molecule has 1 N–H and O–H groups in total.